The number of carbonyl (C=O) groups excluding carboxylic acids is 1. The largest absolute Gasteiger partial charge is 0.392 e. The van der Waals surface area contributed by atoms with Crippen LogP contribution in [0.4, 0.5) is 0 Å². The Bertz CT molecular complexity index is 278. The Kier molecular flexibility index (Phi) is 14.8. The van der Waals surface area contributed by atoms with Crippen LogP contribution in [0.5, 0.6) is 0 Å². The zero-order chi connectivity index (χ0) is 14.4. The van der Waals surface area contributed by atoms with Crippen molar-refractivity contribution in [2.75, 3.05) is 0 Å². The summed E-state index contributed by atoms with van der Waals surface area (Å²) in [6, 6.07) is 9.52. The van der Waals surface area contributed by atoms with E-state index >= 15 is 0 Å². The lowest BCUT2D eigenvalue weighted by Crippen LogP contribution is -2.04. The molecular weight excluding hydrogens is 224 g/mol. The quantitative estimate of drug-likeness (QED) is 0.871. The molecule has 0 aliphatic heterocycles. The first-order valence-corrected chi connectivity index (χ1v) is 6.79. The molecule has 1 aromatic carbocycles. The van der Waals surface area contributed by atoms with E-state index in [2.05, 4.69) is 0 Å². The van der Waals surface area contributed by atoms with Gasteiger partial charge in [0.05, 0.1) is 6.61 Å². The topological polar surface area (TPSA) is 37.3 Å². The lowest BCUT2D eigenvalue weighted by atomic mass is 10.1. The van der Waals surface area contributed by atoms with Gasteiger partial charge in [-0.2, -0.15) is 0 Å². The van der Waals surface area contributed by atoms with E-state index in [0.717, 1.165) is 18.4 Å². The maximum Gasteiger partial charge on any atom is 0.135 e. The third kappa shape index (κ3) is 11.3. The molecule has 0 unspecified atom stereocenters. The van der Waals surface area contributed by atoms with E-state index in [1.54, 1.807) is 0 Å². The number of hydrogen-bond donors (Lipinski definition) is 1. The molecular formula is C16H28O2. The second kappa shape index (κ2) is 13.9. The van der Waals surface area contributed by atoms with Crippen LogP contribution in [0, 0.1) is 5.92 Å². The summed E-state index contributed by atoms with van der Waals surface area (Å²) in [4.78, 5) is 10.7. The van der Waals surface area contributed by atoms with Crippen LogP contribution in [0.3, 0.4) is 0 Å². The highest BCUT2D eigenvalue weighted by Crippen LogP contribution is 1.99. The lowest BCUT2D eigenvalue weighted by Gasteiger charge is -1.98. The van der Waals surface area contributed by atoms with E-state index in [4.69, 9.17) is 5.11 Å². The van der Waals surface area contributed by atoms with Gasteiger partial charge < -0.3 is 5.11 Å². The van der Waals surface area contributed by atoms with Crippen LogP contribution in [-0.4, -0.2) is 10.9 Å². The predicted molar refractivity (Wildman–Crippen MR) is 78.5 cm³/mol. The van der Waals surface area contributed by atoms with Crippen LogP contribution < -0.4 is 0 Å². The smallest absolute Gasteiger partial charge is 0.135 e. The number of hydrogen-bond acceptors (Lipinski definition) is 2. The molecule has 1 N–H and O–H groups in total. The molecule has 0 atom stereocenters. The van der Waals surface area contributed by atoms with Crippen molar-refractivity contribution in [3.63, 3.8) is 0 Å². The van der Waals surface area contributed by atoms with Crippen molar-refractivity contribution in [1.29, 1.82) is 0 Å². The first kappa shape index (κ1) is 19.2. The summed E-state index contributed by atoms with van der Waals surface area (Å²) in [7, 11) is 0. The Labute approximate surface area is 112 Å². The van der Waals surface area contributed by atoms with Gasteiger partial charge in [-0.1, -0.05) is 65.0 Å². The van der Waals surface area contributed by atoms with Gasteiger partial charge >= 0.3 is 0 Å². The number of Topliss-reactive ketones (excluding diaryl/α,β-unsaturated/α-hetero) is 1. The van der Waals surface area contributed by atoms with E-state index in [1.807, 2.05) is 65.0 Å². The van der Waals surface area contributed by atoms with Gasteiger partial charge in [0.25, 0.3) is 0 Å². The van der Waals surface area contributed by atoms with Crippen molar-refractivity contribution in [2.24, 2.45) is 5.92 Å². The summed E-state index contributed by atoms with van der Waals surface area (Å²) in [5, 5.41) is 8.54. The van der Waals surface area contributed by atoms with Crippen LogP contribution in [0.2, 0.25) is 0 Å². The SMILES string of the molecule is CC.CCCC(=O)C(C)C.OCc1ccccc1. The van der Waals surface area contributed by atoms with E-state index in [-0.39, 0.29) is 12.5 Å². The molecule has 0 aliphatic carbocycles. The molecule has 1 rings (SSSR count). The van der Waals surface area contributed by atoms with E-state index < -0.39 is 0 Å². The summed E-state index contributed by atoms with van der Waals surface area (Å²) >= 11 is 0. The third-order valence-electron chi connectivity index (χ3n) is 2.17. The Morgan fingerprint density at radius 1 is 1.17 bits per heavy atom. The monoisotopic (exact) mass is 252 g/mol. The fraction of sp³-hybridized carbons (Fsp3) is 0.562. The van der Waals surface area contributed by atoms with Crippen LogP contribution in [0.1, 0.15) is 53.0 Å². The Balaban J connectivity index is 0. The molecule has 0 saturated carbocycles. The molecule has 0 spiro atoms. The maximum absolute atomic E-state index is 10.7. The van der Waals surface area contributed by atoms with Crippen molar-refractivity contribution in [3.8, 4) is 0 Å². The Morgan fingerprint density at radius 2 is 1.67 bits per heavy atom. The van der Waals surface area contributed by atoms with E-state index in [9.17, 15) is 4.79 Å². The van der Waals surface area contributed by atoms with E-state index in [1.165, 1.54) is 0 Å². The number of rotatable bonds is 4. The number of ketones is 1. The van der Waals surface area contributed by atoms with Crippen molar-refractivity contribution in [1.82, 2.24) is 0 Å². The zero-order valence-corrected chi connectivity index (χ0v) is 12.4. The number of benzene rings is 1. The highest BCUT2D eigenvalue weighted by molar-refractivity contribution is 5.80. The van der Waals surface area contributed by atoms with Crippen LogP contribution >= 0.6 is 0 Å². The minimum atomic E-state index is 0.140. The minimum Gasteiger partial charge on any atom is -0.392 e. The second-order valence-corrected chi connectivity index (χ2v) is 4.01. The summed E-state index contributed by atoms with van der Waals surface area (Å²) in [5.41, 5.74) is 0.965. The number of aliphatic hydroxyl groups is 1. The van der Waals surface area contributed by atoms with Crippen LogP contribution in [0.15, 0.2) is 30.3 Å². The normalized spacial score (nSPS) is 8.83. The lowest BCUT2D eigenvalue weighted by molar-refractivity contribution is -0.121. The van der Waals surface area contributed by atoms with Gasteiger partial charge in [-0.3, -0.25) is 4.79 Å². The van der Waals surface area contributed by atoms with Crippen molar-refractivity contribution >= 4 is 5.78 Å². The van der Waals surface area contributed by atoms with Gasteiger partial charge in [0.1, 0.15) is 5.78 Å². The standard InChI is InChI=1S/C7H8O.C7H14O.C2H6/c8-6-7-4-2-1-3-5-7;1-4-5-7(8)6(2)3;1-2/h1-5,8H,6H2;6H,4-5H2,1-3H3;1-2H3. The molecule has 18 heavy (non-hydrogen) atoms. The molecule has 0 bridgehead atoms. The first-order valence-electron chi connectivity index (χ1n) is 6.79. The molecule has 0 aromatic heterocycles. The minimum absolute atomic E-state index is 0.140. The van der Waals surface area contributed by atoms with Crippen molar-refractivity contribution in [3.05, 3.63) is 35.9 Å². The Morgan fingerprint density at radius 3 is 1.89 bits per heavy atom. The highest BCUT2D eigenvalue weighted by atomic mass is 16.3. The molecule has 2 heteroatoms. The molecule has 0 saturated heterocycles. The van der Waals surface area contributed by atoms with Gasteiger partial charge in [0, 0.05) is 12.3 Å². The average Bonchev–Trinajstić information content (AvgIpc) is 2.43. The first-order chi connectivity index (χ1) is 8.61. The van der Waals surface area contributed by atoms with E-state index in [0.29, 0.717) is 5.78 Å². The third-order valence-corrected chi connectivity index (χ3v) is 2.17. The molecule has 0 amide bonds. The summed E-state index contributed by atoms with van der Waals surface area (Å²) in [6.07, 6.45) is 1.73. The zero-order valence-electron chi connectivity index (χ0n) is 12.4. The highest BCUT2D eigenvalue weighted by Gasteiger charge is 2.03. The van der Waals surface area contributed by atoms with Crippen LogP contribution in [-0.2, 0) is 11.4 Å². The van der Waals surface area contributed by atoms with Crippen molar-refractivity contribution < 1.29 is 9.90 Å². The summed E-state index contributed by atoms with van der Waals surface area (Å²) in [5.74, 6) is 0.613. The summed E-state index contributed by atoms with van der Waals surface area (Å²) < 4.78 is 0. The molecule has 1 aromatic rings. The van der Waals surface area contributed by atoms with Gasteiger partial charge in [-0.25, -0.2) is 0 Å². The predicted octanol–water partition coefficient (Wildman–Crippen LogP) is 4.22. The Hall–Kier alpha value is -1.15. The molecule has 0 aliphatic rings. The fourth-order valence-corrected chi connectivity index (χ4v) is 1.12. The van der Waals surface area contributed by atoms with Crippen LogP contribution in [0.25, 0.3) is 0 Å². The molecule has 0 radical (unpaired) electrons. The average molecular weight is 252 g/mol. The maximum atomic E-state index is 10.7. The van der Waals surface area contributed by atoms with Gasteiger partial charge in [0.15, 0.2) is 0 Å². The fourth-order valence-electron chi connectivity index (χ4n) is 1.12. The van der Waals surface area contributed by atoms with Gasteiger partial charge in [-0.05, 0) is 12.0 Å². The van der Waals surface area contributed by atoms with Gasteiger partial charge in [-0.15, -0.1) is 0 Å². The number of aliphatic hydroxyl groups excluding tert-OH is 1. The number of carbonyl (C=O) groups is 1. The second-order valence-electron chi connectivity index (χ2n) is 4.01. The van der Waals surface area contributed by atoms with Crippen molar-refractivity contribution in [2.45, 2.75) is 54.1 Å². The summed E-state index contributed by atoms with van der Waals surface area (Å²) in [6.45, 7) is 10.1. The molecule has 104 valence electrons. The molecule has 2 nitrogen and oxygen atoms in total. The van der Waals surface area contributed by atoms with Gasteiger partial charge in [0.2, 0.25) is 0 Å². The molecule has 0 fully saturated rings. The molecule has 0 heterocycles.